The molecule has 0 heterocycles. The number of hydrogen-bond donors (Lipinski definition) is 0. The second kappa shape index (κ2) is 42.1. The van der Waals surface area contributed by atoms with Crippen LogP contribution >= 0.6 is 0 Å². The molecule has 0 N–H and O–H groups in total. The zero-order valence-corrected chi connectivity index (χ0v) is 34.4. The Bertz CT molecular complexity index is 1140. The summed E-state index contributed by atoms with van der Waals surface area (Å²) < 4.78 is 16.5. The van der Waals surface area contributed by atoms with Gasteiger partial charge in [0.05, 0.1) is 6.42 Å². The summed E-state index contributed by atoms with van der Waals surface area (Å²) in [6.07, 6.45) is 54.3. The standard InChI is InChI=1S/C48H76O6/c1-4-7-10-13-16-19-21-22-23-24-25-26-27-30-32-35-38-41-47(50)53-44-45(43-52-46(49)40-37-34-31-28-18-15-12-9-6-3)54-48(51)42-39-36-33-29-20-17-14-11-8-5-2/h9,12,14,16-19,22-23,25-26,28,30,32,34,37,45H,4-8,10-11,13,15,20-21,24,27,29,31,33,35-36,38-44H2,1-3H3/b12-9-,17-14-,19-16-,23-22-,26-25-,28-18-,32-30-,37-34-. The van der Waals surface area contributed by atoms with Gasteiger partial charge in [0.2, 0.25) is 0 Å². The number of rotatable bonds is 36. The van der Waals surface area contributed by atoms with Crippen LogP contribution in [0.15, 0.2) is 97.2 Å². The molecule has 0 rings (SSSR count). The second-order valence-electron chi connectivity index (χ2n) is 13.5. The van der Waals surface area contributed by atoms with E-state index in [-0.39, 0.29) is 44.4 Å². The molecule has 0 saturated heterocycles. The first-order valence-electron chi connectivity index (χ1n) is 21.2. The predicted octanol–water partition coefficient (Wildman–Crippen LogP) is 13.5. The van der Waals surface area contributed by atoms with Crippen molar-refractivity contribution < 1.29 is 28.6 Å². The Hall–Kier alpha value is -3.67. The lowest BCUT2D eigenvalue weighted by Crippen LogP contribution is -2.30. The van der Waals surface area contributed by atoms with Gasteiger partial charge in [-0.25, -0.2) is 0 Å². The minimum Gasteiger partial charge on any atom is -0.462 e. The molecule has 0 aliphatic heterocycles. The minimum atomic E-state index is -0.838. The molecule has 54 heavy (non-hydrogen) atoms. The van der Waals surface area contributed by atoms with E-state index in [0.29, 0.717) is 6.42 Å². The van der Waals surface area contributed by atoms with Gasteiger partial charge in [-0.1, -0.05) is 157 Å². The first kappa shape index (κ1) is 50.3. The number of ether oxygens (including phenoxy) is 3. The van der Waals surface area contributed by atoms with Gasteiger partial charge in [0.15, 0.2) is 6.10 Å². The molecule has 0 aliphatic rings. The summed E-state index contributed by atoms with van der Waals surface area (Å²) in [5, 5.41) is 0. The Kier molecular flexibility index (Phi) is 39.2. The molecule has 0 radical (unpaired) electrons. The van der Waals surface area contributed by atoms with Crippen molar-refractivity contribution in [3.8, 4) is 0 Å². The predicted molar refractivity (Wildman–Crippen MR) is 228 cm³/mol. The zero-order valence-electron chi connectivity index (χ0n) is 34.4. The third kappa shape index (κ3) is 39.5. The SMILES string of the molecule is CC/C=C\C/C=C\C/C=C\CC(=O)OCC(COC(=O)CCC/C=C\C/C=C\C/C=C\C/C=C\CCCCC)OC(=O)CCCCCC/C=C\CCCC. The summed E-state index contributed by atoms with van der Waals surface area (Å²) in [4.78, 5) is 37.5. The average Bonchev–Trinajstić information content (AvgIpc) is 3.17. The summed E-state index contributed by atoms with van der Waals surface area (Å²) in [5.41, 5.74) is 0. The van der Waals surface area contributed by atoms with E-state index in [2.05, 4.69) is 106 Å². The molecule has 0 aromatic carbocycles. The van der Waals surface area contributed by atoms with Crippen LogP contribution in [-0.4, -0.2) is 37.2 Å². The number of carbonyl (C=O) groups is 3. The monoisotopic (exact) mass is 749 g/mol. The van der Waals surface area contributed by atoms with E-state index in [1.165, 1.54) is 38.5 Å². The average molecular weight is 749 g/mol. The van der Waals surface area contributed by atoms with Gasteiger partial charge in [0.1, 0.15) is 13.2 Å². The molecule has 0 aliphatic carbocycles. The highest BCUT2D eigenvalue weighted by Crippen LogP contribution is 2.10. The van der Waals surface area contributed by atoms with Crippen molar-refractivity contribution in [2.75, 3.05) is 13.2 Å². The van der Waals surface area contributed by atoms with Crippen molar-refractivity contribution in [3.63, 3.8) is 0 Å². The summed E-state index contributed by atoms with van der Waals surface area (Å²) in [5.74, 6) is -1.15. The molecule has 0 fully saturated rings. The summed E-state index contributed by atoms with van der Waals surface area (Å²) >= 11 is 0. The molecule has 0 saturated carbocycles. The van der Waals surface area contributed by atoms with E-state index in [4.69, 9.17) is 14.2 Å². The van der Waals surface area contributed by atoms with Crippen LogP contribution in [-0.2, 0) is 28.6 Å². The minimum absolute atomic E-state index is 0.120. The molecule has 0 amide bonds. The molecule has 0 aromatic heterocycles. The van der Waals surface area contributed by atoms with Crippen LogP contribution in [0, 0.1) is 0 Å². The molecular weight excluding hydrogens is 673 g/mol. The van der Waals surface area contributed by atoms with Gasteiger partial charge in [0.25, 0.3) is 0 Å². The van der Waals surface area contributed by atoms with E-state index in [9.17, 15) is 14.4 Å². The van der Waals surface area contributed by atoms with Gasteiger partial charge < -0.3 is 14.2 Å². The number of hydrogen-bond acceptors (Lipinski definition) is 6. The van der Waals surface area contributed by atoms with Crippen molar-refractivity contribution in [1.29, 1.82) is 0 Å². The Morgan fingerprint density at radius 2 is 0.833 bits per heavy atom. The van der Waals surface area contributed by atoms with Gasteiger partial charge in [-0.15, -0.1) is 0 Å². The fourth-order valence-electron chi connectivity index (χ4n) is 5.12. The Balaban J connectivity index is 4.54. The van der Waals surface area contributed by atoms with E-state index in [1.807, 2.05) is 6.08 Å². The Labute approximate surface area is 330 Å². The number of carbonyl (C=O) groups excluding carboxylic acids is 3. The van der Waals surface area contributed by atoms with E-state index in [1.54, 1.807) is 6.08 Å². The topological polar surface area (TPSA) is 78.9 Å². The van der Waals surface area contributed by atoms with Crippen molar-refractivity contribution in [1.82, 2.24) is 0 Å². The third-order valence-electron chi connectivity index (χ3n) is 8.32. The molecule has 0 spiro atoms. The third-order valence-corrected chi connectivity index (χ3v) is 8.32. The maximum Gasteiger partial charge on any atom is 0.309 e. The highest BCUT2D eigenvalue weighted by molar-refractivity contribution is 5.72. The molecule has 0 bridgehead atoms. The number of allylic oxidation sites excluding steroid dienone is 15. The zero-order chi connectivity index (χ0) is 39.4. The van der Waals surface area contributed by atoms with Crippen LogP contribution in [0.5, 0.6) is 0 Å². The highest BCUT2D eigenvalue weighted by atomic mass is 16.6. The summed E-state index contributed by atoms with van der Waals surface area (Å²) in [6, 6.07) is 0. The maximum atomic E-state index is 12.6. The van der Waals surface area contributed by atoms with Crippen LogP contribution in [0.25, 0.3) is 0 Å². The molecule has 1 unspecified atom stereocenters. The smallest absolute Gasteiger partial charge is 0.309 e. The summed E-state index contributed by atoms with van der Waals surface area (Å²) in [6.45, 7) is 6.25. The first-order valence-corrected chi connectivity index (χ1v) is 21.2. The van der Waals surface area contributed by atoms with Crippen LogP contribution < -0.4 is 0 Å². The van der Waals surface area contributed by atoms with Gasteiger partial charge >= 0.3 is 17.9 Å². The lowest BCUT2D eigenvalue weighted by molar-refractivity contribution is -0.166. The van der Waals surface area contributed by atoms with Crippen LogP contribution in [0.2, 0.25) is 0 Å². The molecule has 6 nitrogen and oxygen atoms in total. The second-order valence-corrected chi connectivity index (χ2v) is 13.5. The van der Waals surface area contributed by atoms with E-state index < -0.39 is 12.1 Å². The summed E-state index contributed by atoms with van der Waals surface area (Å²) in [7, 11) is 0. The number of unbranched alkanes of at least 4 members (excludes halogenated alkanes) is 10. The van der Waals surface area contributed by atoms with Gasteiger partial charge in [-0.3, -0.25) is 14.4 Å². The van der Waals surface area contributed by atoms with Gasteiger partial charge in [-0.05, 0) is 89.9 Å². The fourth-order valence-corrected chi connectivity index (χ4v) is 5.12. The molecular formula is C48H76O6. The normalized spacial score (nSPS) is 13.0. The lowest BCUT2D eigenvalue weighted by Gasteiger charge is -2.18. The molecule has 0 aromatic rings. The quantitative estimate of drug-likeness (QED) is 0.0275. The van der Waals surface area contributed by atoms with Crippen molar-refractivity contribution in [2.24, 2.45) is 0 Å². The van der Waals surface area contributed by atoms with Crippen LogP contribution in [0.4, 0.5) is 0 Å². The van der Waals surface area contributed by atoms with Crippen LogP contribution in [0.1, 0.15) is 168 Å². The highest BCUT2D eigenvalue weighted by Gasteiger charge is 2.19. The Morgan fingerprint density at radius 3 is 1.41 bits per heavy atom. The van der Waals surface area contributed by atoms with Crippen molar-refractivity contribution in [2.45, 2.75) is 175 Å². The lowest BCUT2D eigenvalue weighted by atomic mass is 10.1. The van der Waals surface area contributed by atoms with E-state index >= 15 is 0 Å². The largest absolute Gasteiger partial charge is 0.462 e. The number of esters is 3. The molecule has 1 atom stereocenters. The van der Waals surface area contributed by atoms with Crippen molar-refractivity contribution >= 4 is 17.9 Å². The van der Waals surface area contributed by atoms with Gasteiger partial charge in [0, 0.05) is 12.8 Å². The molecule has 6 heteroatoms. The first-order chi connectivity index (χ1) is 26.5. The maximum absolute atomic E-state index is 12.6. The Morgan fingerprint density at radius 1 is 0.407 bits per heavy atom. The van der Waals surface area contributed by atoms with E-state index in [0.717, 1.165) is 83.5 Å². The van der Waals surface area contributed by atoms with Gasteiger partial charge in [-0.2, -0.15) is 0 Å². The van der Waals surface area contributed by atoms with Crippen LogP contribution in [0.3, 0.4) is 0 Å². The molecule has 304 valence electrons. The fraction of sp³-hybridized carbons (Fsp3) is 0.604. The van der Waals surface area contributed by atoms with Crippen molar-refractivity contribution in [3.05, 3.63) is 97.2 Å².